The Morgan fingerprint density at radius 3 is 2.48 bits per heavy atom. The standard InChI is InChI=1S/C25H23NO4S/c1-17(2)30-21-12-6-4-9-19(21)16-23-24(27)26(25(28)31-23)14-15-29-22-13-7-10-18-8-3-5-11-20(18)22/h3-13,16-17H,14-15H2,1-2H3/b23-16-. The molecular weight excluding hydrogens is 410 g/mol. The van der Waals surface area contributed by atoms with E-state index in [2.05, 4.69) is 0 Å². The normalized spacial score (nSPS) is 15.3. The third kappa shape index (κ3) is 4.75. The van der Waals surface area contributed by atoms with Crippen molar-refractivity contribution in [1.29, 1.82) is 0 Å². The van der Waals surface area contributed by atoms with Gasteiger partial charge in [-0.1, -0.05) is 54.6 Å². The maximum Gasteiger partial charge on any atom is 0.293 e. The zero-order chi connectivity index (χ0) is 21.8. The quantitative estimate of drug-likeness (QED) is 0.445. The van der Waals surface area contributed by atoms with Gasteiger partial charge in [0.2, 0.25) is 0 Å². The lowest BCUT2D eigenvalue weighted by Gasteiger charge is -2.14. The van der Waals surface area contributed by atoms with Crippen molar-refractivity contribution >= 4 is 39.8 Å². The van der Waals surface area contributed by atoms with E-state index in [-0.39, 0.29) is 30.4 Å². The number of hydrogen-bond acceptors (Lipinski definition) is 5. The molecule has 1 saturated heterocycles. The summed E-state index contributed by atoms with van der Waals surface area (Å²) in [6.07, 6.45) is 1.73. The van der Waals surface area contributed by atoms with Gasteiger partial charge in [0.1, 0.15) is 18.1 Å². The lowest BCUT2D eigenvalue weighted by Crippen LogP contribution is -2.32. The number of para-hydroxylation sites is 1. The van der Waals surface area contributed by atoms with Crippen LogP contribution in [0, 0.1) is 0 Å². The van der Waals surface area contributed by atoms with E-state index in [1.165, 1.54) is 4.90 Å². The first-order valence-corrected chi connectivity index (χ1v) is 11.0. The highest BCUT2D eigenvalue weighted by atomic mass is 32.2. The van der Waals surface area contributed by atoms with Crippen LogP contribution in [0.15, 0.2) is 71.6 Å². The molecule has 1 fully saturated rings. The molecule has 4 rings (SSSR count). The maximum absolute atomic E-state index is 12.8. The summed E-state index contributed by atoms with van der Waals surface area (Å²) < 4.78 is 11.7. The highest BCUT2D eigenvalue weighted by molar-refractivity contribution is 8.18. The number of rotatable bonds is 7. The van der Waals surface area contributed by atoms with Gasteiger partial charge in [-0.05, 0) is 49.2 Å². The van der Waals surface area contributed by atoms with Gasteiger partial charge >= 0.3 is 0 Å². The van der Waals surface area contributed by atoms with Crippen LogP contribution in [0.2, 0.25) is 0 Å². The SMILES string of the molecule is CC(C)Oc1ccccc1/C=C1\SC(=O)N(CCOc2cccc3ccccc23)C1=O. The van der Waals surface area contributed by atoms with Gasteiger partial charge in [0.25, 0.3) is 11.1 Å². The summed E-state index contributed by atoms with van der Waals surface area (Å²) in [4.78, 5) is 26.9. The van der Waals surface area contributed by atoms with Crippen molar-refractivity contribution in [2.45, 2.75) is 20.0 Å². The molecular formula is C25H23NO4S. The smallest absolute Gasteiger partial charge is 0.293 e. The van der Waals surface area contributed by atoms with E-state index in [9.17, 15) is 9.59 Å². The zero-order valence-electron chi connectivity index (χ0n) is 17.4. The summed E-state index contributed by atoms with van der Waals surface area (Å²) in [6.45, 7) is 4.31. The Morgan fingerprint density at radius 2 is 1.65 bits per heavy atom. The number of hydrogen-bond donors (Lipinski definition) is 0. The predicted molar refractivity (Wildman–Crippen MR) is 124 cm³/mol. The number of imide groups is 1. The van der Waals surface area contributed by atoms with E-state index in [4.69, 9.17) is 9.47 Å². The van der Waals surface area contributed by atoms with Crippen molar-refractivity contribution in [3.63, 3.8) is 0 Å². The summed E-state index contributed by atoms with van der Waals surface area (Å²) in [6, 6.07) is 21.3. The number of nitrogens with zero attached hydrogens (tertiary/aromatic N) is 1. The van der Waals surface area contributed by atoms with Gasteiger partial charge in [-0.3, -0.25) is 14.5 Å². The molecule has 0 unspecified atom stereocenters. The Hall–Kier alpha value is -3.25. The van der Waals surface area contributed by atoms with E-state index >= 15 is 0 Å². The number of carbonyl (C=O) groups is 2. The Morgan fingerprint density at radius 1 is 0.935 bits per heavy atom. The second-order valence-electron chi connectivity index (χ2n) is 7.36. The van der Waals surface area contributed by atoms with Gasteiger partial charge in [-0.25, -0.2) is 0 Å². The molecule has 1 heterocycles. The fraction of sp³-hybridized carbons (Fsp3) is 0.200. The first-order valence-electron chi connectivity index (χ1n) is 10.1. The summed E-state index contributed by atoms with van der Waals surface area (Å²) in [7, 11) is 0. The molecule has 0 aliphatic carbocycles. The van der Waals surface area contributed by atoms with Crippen LogP contribution in [0.5, 0.6) is 11.5 Å². The van der Waals surface area contributed by atoms with Crippen molar-refractivity contribution in [2.24, 2.45) is 0 Å². The summed E-state index contributed by atoms with van der Waals surface area (Å²) in [5.74, 6) is 1.11. The van der Waals surface area contributed by atoms with E-state index in [0.29, 0.717) is 10.7 Å². The molecule has 3 aromatic rings. The third-order valence-electron chi connectivity index (χ3n) is 4.76. The van der Waals surface area contributed by atoms with Gasteiger partial charge in [0, 0.05) is 10.9 Å². The number of amides is 2. The molecule has 0 spiro atoms. The second-order valence-corrected chi connectivity index (χ2v) is 8.36. The number of thioether (sulfide) groups is 1. The van der Waals surface area contributed by atoms with Crippen molar-refractivity contribution in [3.05, 3.63) is 77.2 Å². The first-order chi connectivity index (χ1) is 15.0. The third-order valence-corrected chi connectivity index (χ3v) is 5.67. The van der Waals surface area contributed by atoms with Crippen LogP contribution in [0.25, 0.3) is 16.8 Å². The van der Waals surface area contributed by atoms with Gasteiger partial charge in [0.05, 0.1) is 17.6 Å². The fourth-order valence-electron chi connectivity index (χ4n) is 3.36. The monoisotopic (exact) mass is 433 g/mol. The van der Waals surface area contributed by atoms with Crippen LogP contribution in [0.4, 0.5) is 4.79 Å². The molecule has 5 nitrogen and oxygen atoms in total. The molecule has 3 aromatic carbocycles. The highest BCUT2D eigenvalue weighted by Crippen LogP contribution is 2.34. The Kier molecular flexibility index (Phi) is 6.28. The van der Waals surface area contributed by atoms with Gasteiger partial charge in [-0.15, -0.1) is 0 Å². The van der Waals surface area contributed by atoms with Crippen molar-refractivity contribution in [2.75, 3.05) is 13.2 Å². The van der Waals surface area contributed by atoms with Crippen molar-refractivity contribution in [3.8, 4) is 11.5 Å². The van der Waals surface area contributed by atoms with Gasteiger partial charge < -0.3 is 9.47 Å². The number of benzene rings is 3. The van der Waals surface area contributed by atoms with E-state index in [1.807, 2.05) is 80.6 Å². The number of ether oxygens (including phenoxy) is 2. The fourth-order valence-corrected chi connectivity index (χ4v) is 4.22. The minimum absolute atomic E-state index is 0.0100. The lowest BCUT2D eigenvalue weighted by atomic mass is 10.1. The molecule has 1 aliphatic rings. The molecule has 0 saturated carbocycles. The summed E-state index contributed by atoms with van der Waals surface area (Å²) in [5, 5.41) is 1.79. The van der Waals surface area contributed by atoms with E-state index < -0.39 is 0 Å². The molecule has 1 aliphatic heterocycles. The van der Waals surface area contributed by atoms with Crippen molar-refractivity contribution < 1.29 is 19.1 Å². The molecule has 0 aromatic heterocycles. The van der Waals surface area contributed by atoms with Crippen LogP contribution >= 0.6 is 11.8 Å². The molecule has 0 bridgehead atoms. The predicted octanol–water partition coefficient (Wildman–Crippen LogP) is 5.74. The molecule has 0 atom stereocenters. The molecule has 0 radical (unpaired) electrons. The lowest BCUT2D eigenvalue weighted by molar-refractivity contribution is -0.123. The minimum atomic E-state index is -0.309. The maximum atomic E-state index is 12.8. The van der Waals surface area contributed by atoms with Crippen LogP contribution in [0.3, 0.4) is 0 Å². The van der Waals surface area contributed by atoms with Crippen LogP contribution in [-0.4, -0.2) is 35.3 Å². The molecule has 158 valence electrons. The van der Waals surface area contributed by atoms with Gasteiger partial charge in [0.15, 0.2) is 0 Å². The van der Waals surface area contributed by atoms with Crippen LogP contribution in [-0.2, 0) is 4.79 Å². The topological polar surface area (TPSA) is 55.8 Å². The molecule has 0 N–H and O–H groups in total. The van der Waals surface area contributed by atoms with E-state index in [1.54, 1.807) is 6.08 Å². The first kappa shape index (κ1) is 21.0. The Bertz CT molecular complexity index is 1150. The minimum Gasteiger partial charge on any atom is -0.491 e. The summed E-state index contributed by atoms with van der Waals surface area (Å²) >= 11 is 0.940. The molecule has 2 amide bonds. The van der Waals surface area contributed by atoms with Crippen molar-refractivity contribution in [1.82, 2.24) is 4.90 Å². The molecule has 31 heavy (non-hydrogen) atoms. The largest absolute Gasteiger partial charge is 0.491 e. The average Bonchev–Trinajstić information content (AvgIpc) is 3.02. The Balaban J connectivity index is 1.45. The second kappa shape index (κ2) is 9.27. The number of carbonyl (C=O) groups excluding carboxylic acids is 2. The van der Waals surface area contributed by atoms with Crippen LogP contribution < -0.4 is 9.47 Å². The van der Waals surface area contributed by atoms with Crippen LogP contribution in [0.1, 0.15) is 19.4 Å². The molecule has 6 heteroatoms. The average molecular weight is 434 g/mol. The van der Waals surface area contributed by atoms with E-state index in [0.717, 1.165) is 33.8 Å². The zero-order valence-corrected chi connectivity index (χ0v) is 18.2. The van der Waals surface area contributed by atoms with Gasteiger partial charge in [-0.2, -0.15) is 0 Å². The Labute approximate surface area is 185 Å². The highest BCUT2D eigenvalue weighted by Gasteiger charge is 2.35. The number of fused-ring (bicyclic) bond motifs is 1. The summed E-state index contributed by atoms with van der Waals surface area (Å²) in [5.41, 5.74) is 0.772.